The van der Waals surface area contributed by atoms with Crippen molar-refractivity contribution in [3.8, 4) is 0 Å². The molecule has 0 unspecified atom stereocenters. The lowest BCUT2D eigenvalue weighted by molar-refractivity contribution is -0.138. The van der Waals surface area contributed by atoms with Crippen molar-refractivity contribution < 1.29 is 18.7 Å². The monoisotopic (exact) mass is 313 g/mol. The van der Waals surface area contributed by atoms with Crippen LogP contribution in [0.25, 0.3) is 6.08 Å². The van der Waals surface area contributed by atoms with E-state index in [9.17, 15) is 14.0 Å². The lowest BCUT2D eigenvalue weighted by Gasteiger charge is -2.02. The molecule has 2 aromatic carbocycles. The van der Waals surface area contributed by atoms with Gasteiger partial charge < -0.3 is 10.1 Å². The van der Waals surface area contributed by atoms with Crippen molar-refractivity contribution in [1.29, 1.82) is 0 Å². The molecule has 1 N–H and O–H groups in total. The normalized spacial score (nSPS) is 10.5. The van der Waals surface area contributed by atoms with Gasteiger partial charge in [0.25, 0.3) is 5.91 Å². The van der Waals surface area contributed by atoms with Gasteiger partial charge in [0.15, 0.2) is 0 Å². The van der Waals surface area contributed by atoms with E-state index in [1.807, 2.05) is 0 Å². The molecule has 4 nitrogen and oxygen atoms in total. The molecule has 0 heterocycles. The van der Waals surface area contributed by atoms with E-state index in [1.165, 1.54) is 18.2 Å². The second-order valence-corrected chi connectivity index (χ2v) is 4.77. The number of amides is 1. The molecule has 0 atom stereocenters. The summed E-state index contributed by atoms with van der Waals surface area (Å²) in [4.78, 5) is 23.0. The molecule has 2 aromatic rings. The highest BCUT2D eigenvalue weighted by Gasteiger charge is 2.02. The Bertz CT molecular complexity index is 706. The highest BCUT2D eigenvalue weighted by atomic mass is 19.1. The van der Waals surface area contributed by atoms with Gasteiger partial charge in [0.2, 0.25) is 0 Å². The van der Waals surface area contributed by atoms with Crippen molar-refractivity contribution >= 4 is 18.0 Å². The number of rotatable bonds is 5. The van der Waals surface area contributed by atoms with E-state index in [0.717, 1.165) is 5.56 Å². The largest absolute Gasteiger partial charge is 0.458 e. The van der Waals surface area contributed by atoms with Crippen molar-refractivity contribution in [2.24, 2.45) is 0 Å². The number of carbonyl (C=O) groups is 2. The first-order valence-corrected chi connectivity index (χ1v) is 7.00. The lowest BCUT2D eigenvalue weighted by Crippen LogP contribution is -2.17. The van der Waals surface area contributed by atoms with Crippen LogP contribution in [-0.2, 0) is 16.1 Å². The van der Waals surface area contributed by atoms with Crippen LogP contribution in [0, 0.1) is 5.82 Å². The van der Waals surface area contributed by atoms with Gasteiger partial charge in [0.05, 0.1) is 0 Å². The van der Waals surface area contributed by atoms with Crippen LogP contribution in [0.1, 0.15) is 21.5 Å². The third kappa shape index (κ3) is 5.07. The van der Waals surface area contributed by atoms with Crippen LogP contribution in [0.3, 0.4) is 0 Å². The zero-order valence-electron chi connectivity index (χ0n) is 12.6. The molecule has 0 bridgehead atoms. The average Bonchev–Trinajstić information content (AvgIpc) is 2.59. The molecule has 0 saturated heterocycles. The number of hydrogen-bond acceptors (Lipinski definition) is 3. The predicted octanol–water partition coefficient (Wildman–Crippen LogP) is 2.94. The molecule has 0 radical (unpaired) electrons. The molecule has 0 aromatic heterocycles. The number of carbonyl (C=O) groups excluding carboxylic acids is 2. The summed E-state index contributed by atoms with van der Waals surface area (Å²) in [6.45, 7) is 0.0824. The molecule has 0 aliphatic rings. The molecular formula is C18H16FNO3. The summed E-state index contributed by atoms with van der Waals surface area (Å²) in [5, 5.41) is 2.53. The Labute approximate surface area is 133 Å². The molecule has 5 heteroatoms. The minimum absolute atomic E-state index is 0.0824. The summed E-state index contributed by atoms with van der Waals surface area (Å²) < 4.78 is 17.8. The van der Waals surface area contributed by atoms with Gasteiger partial charge in [-0.25, -0.2) is 9.18 Å². The van der Waals surface area contributed by atoms with Gasteiger partial charge in [-0.2, -0.15) is 0 Å². The van der Waals surface area contributed by atoms with Crippen molar-refractivity contribution in [3.63, 3.8) is 0 Å². The molecule has 0 aliphatic carbocycles. The second-order valence-electron chi connectivity index (χ2n) is 4.77. The fourth-order valence-electron chi connectivity index (χ4n) is 1.84. The van der Waals surface area contributed by atoms with Crippen LogP contribution >= 0.6 is 0 Å². The minimum atomic E-state index is -0.496. The Morgan fingerprint density at radius 2 is 1.74 bits per heavy atom. The summed E-state index contributed by atoms with van der Waals surface area (Å²) >= 11 is 0. The van der Waals surface area contributed by atoms with Crippen LogP contribution in [0.15, 0.2) is 54.6 Å². The van der Waals surface area contributed by atoms with Gasteiger partial charge in [-0.05, 0) is 41.5 Å². The summed E-state index contributed by atoms with van der Waals surface area (Å²) in [7, 11) is 1.56. The SMILES string of the molecule is CNC(=O)c1ccc(C=CC(=O)OCc2ccc(F)cc2)cc1. The van der Waals surface area contributed by atoms with Crippen LogP contribution < -0.4 is 5.32 Å². The predicted molar refractivity (Wildman–Crippen MR) is 85.1 cm³/mol. The maximum Gasteiger partial charge on any atom is 0.331 e. The number of halogens is 1. The van der Waals surface area contributed by atoms with Crippen LogP contribution in [-0.4, -0.2) is 18.9 Å². The van der Waals surface area contributed by atoms with E-state index in [0.29, 0.717) is 11.1 Å². The summed E-state index contributed by atoms with van der Waals surface area (Å²) in [5.41, 5.74) is 2.03. The van der Waals surface area contributed by atoms with Gasteiger partial charge >= 0.3 is 5.97 Å². The summed E-state index contributed by atoms with van der Waals surface area (Å²) in [6.07, 6.45) is 2.90. The zero-order valence-corrected chi connectivity index (χ0v) is 12.6. The summed E-state index contributed by atoms with van der Waals surface area (Å²) in [5.74, 6) is -0.996. The smallest absolute Gasteiger partial charge is 0.331 e. The van der Waals surface area contributed by atoms with Gasteiger partial charge in [0, 0.05) is 18.7 Å². The molecule has 0 spiro atoms. The number of ether oxygens (including phenoxy) is 1. The molecule has 118 valence electrons. The van der Waals surface area contributed by atoms with Crippen LogP contribution in [0.4, 0.5) is 4.39 Å². The minimum Gasteiger partial charge on any atom is -0.458 e. The number of esters is 1. The molecule has 0 aliphatic heterocycles. The number of hydrogen-bond donors (Lipinski definition) is 1. The van der Waals surface area contributed by atoms with E-state index in [-0.39, 0.29) is 18.3 Å². The second kappa shape index (κ2) is 7.89. The third-order valence-electron chi connectivity index (χ3n) is 3.11. The van der Waals surface area contributed by atoms with Crippen molar-refractivity contribution in [3.05, 3.63) is 77.1 Å². The van der Waals surface area contributed by atoms with Gasteiger partial charge in [-0.1, -0.05) is 24.3 Å². The first-order chi connectivity index (χ1) is 11.1. The average molecular weight is 313 g/mol. The van der Waals surface area contributed by atoms with Gasteiger partial charge in [-0.15, -0.1) is 0 Å². The number of nitrogens with one attached hydrogen (secondary N) is 1. The maximum absolute atomic E-state index is 12.8. The van der Waals surface area contributed by atoms with E-state index in [2.05, 4.69) is 5.32 Å². The zero-order chi connectivity index (χ0) is 16.7. The van der Waals surface area contributed by atoms with E-state index >= 15 is 0 Å². The highest BCUT2D eigenvalue weighted by Crippen LogP contribution is 2.08. The first kappa shape index (κ1) is 16.4. The fraction of sp³-hybridized carbons (Fsp3) is 0.111. The first-order valence-electron chi connectivity index (χ1n) is 7.00. The molecule has 0 saturated carbocycles. The standard InChI is InChI=1S/C18H16FNO3/c1-20-18(22)15-7-2-13(3-8-15)6-11-17(21)23-12-14-4-9-16(19)10-5-14/h2-11H,12H2,1H3,(H,20,22). The lowest BCUT2D eigenvalue weighted by atomic mass is 10.1. The van der Waals surface area contributed by atoms with Crippen molar-refractivity contribution in [2.75, 3.05) is 7.05 Å². The van der Waals surface area contributed by atoms with E-state index in [4.69, 9.17) is 4.74 Å². The Morgan fingerprint density at radius 3 is 2.35 bits per heavy atom. The Balaban J connectivity index is 1.88. The van der Waals surface area contributed by atoms with Crippen LogP contribution in [0.5, 0.6) is 0 Å². The van der Waals surface area contributed by atoms with Gasteiger partial charge in [0.1, 0.15) is 12.4 Å². The van der Waals surface area contributed by atoms with Crippen molar-refractivity contribution in [2.45, 2.75) is 6.61 Å². The Kier molecular flexibility index (Phi) is 5.63. The topological polar surface area (TPSA) is 55.4 Å². The fourth-order valence-corrected chi connectivity index (χ4v) is 1.84. The molecule has 1 amide bonds. The Morgan fingerprint density at radius 1 is 1.09 bits per heavy atom. The van der Waals surface area contributed by atoms with Crippen molar-refractivity contribution in [1.82, 2.24) is 5.32 Å². The Hall–Kier alpha value is -2.95. The molecule has 2 rings (SSSR count). The third-order valence-corrected chi connectivity index (χ3v) is 3.11. The van der Waals surface area contributed by atoms with Gasteiger partial charge in [-0.3, -0.25) is 4.79 Å². The molecule has 23 heavy (non-hydrogen) atoms. The van der Waals surface area contributed by atoms with E-state index in [1.54, 1.807) is 49.5 Å². The molecule has 0 fully saturated rings. The summed E-state index contributed by atoms with van der Waals surface area (Å²) in [6, 6.07) is 12.5. The molecular weight excluding hydrogens is 297 g/mol. The van der Waals surface area contributed by atoms with E-state index < -0.39 is 5.97 Å². The highest BCUT2D eigenvalue weighted by molar-refractivity contribution is 5.94. The van der Waals surface area contributed by atoms with Crippen LogP contribution in [0.2, 0.25) is 0 Å². The maximum atomic E-state index is 12.8. The number of benzene rings is 2. The quantitative estimate of drug-likeness (QED) is 0.682.